The zero-order chi connectivity index (χ0) is 15.6. The van der Waals surface area contributed by atoms with Crippen LogP contribution in [-0.2, 0) is 16.6 Å². The lowest BCUT2D eigenvalue weighted by Gasteiger charge is -2.32. The number of hydrogen-bond donors (Lipinski definition) is 2. The molecule has 2 N–H and O–H groups in total. The Morgan fingerprint density at radius 2 is 2.00 bits per heavy atom. The third kappa shape index (κ3) is 4.06. The molecular weight excluding hydrogens is 304 g/mol. The molecule has 4 nitrogen and oxygen atoms in total. The van der Waals surface area contributed by atoms with Crippen molar-refractivity contribution in [2.45, 2.75) is 57.5 Å². The zero-order valence-electron chi connectivity index (χ0n) is 13.3. The highest BCUT2D eigenvalue weighted by molar-refractivity contribution is 7.89. The summed E-state index contributed by atoms with van der Waals surface area (Å²) < 4.78 is 28.1. The van der Waals surface area contributed by atoms with Gasteiger partial charge in [-0.25, -0.2) is 13.1 Å². The quantitative estimate of drug-likeness (QED) is 0.873. The van der Waals surface area contributed by atoms with E-state index >= 15 is 0 Å². The molecule has 1 heterocycles. The highest BCUT2D eigenvalue weighted by atomic mass is 32.2. The molecule has 0 aliphatic heterocycles. The highest BCUT2D eigenvalue weighted by Gasteiger charge is 2.29. The summed E-state index contributed by atoms with van der Waals surface area (Å²) in [6.45, 7) is 7.05. The van der Waals surface area contributed by atoms with E-state index in [9.17, 15) is 8.42 Å². The van der Waals surface area contributed by atoms with Gasteiger partial charge in [-0.15, -0.1) is 11.3 Å². The van der Waals surface area contributed by atoms with E-state index in [4.69, 9.17) is 0 Å². The molecule has 2 rings (SSSR count). The molecule has 0 spiro atoms. The minimum atomic E-state index is -3.40. The number of hydrogen-bond acceptors (Lipinski definition) is 4. The van der Waals surface area contributed by atoms with Crippen LogP contribution in [0.4, 0.5) is 0 Å². The Bertz CT molecular complexity index is 580. The summed E-state index contributed by atoms with van der Waals surface area (Å²) in [4.78, 5) is 2.37. The number of aryl methyl sites for hydroxylation is 1. The maximum absolute atomic E-state index is 12.6. The van der Waals surface area contributed by atoms with Gasteiger partial charge in [-0.3, -0.25) is 0 Å². The summed E-state index contributed by atoms with van der Waals surface area (Å²) >= 11 is 1.55. The first kappa shape index (κ1) is 16.9. The second-order valence-corrected chi connectivity index (χ2v) is 9.27. The first-order valence-electron chi connectivity index (χ1n) is 7.59. The second kappa shape index (κ2) is 6.77. The Balaban J connectivity index is 2.11. The summed E-state index contributed by atoms with van der Waals surface area (Å²) in [6.07, 6.45) is 2.98. The molecule has 1 saturated carbocycles. The SMILES string of the molecule is CNCc1cc(S(=O)(=O)NC2CCC(C)C(C)C2)c(C)s1. The van der Waals surface area contributed by atoms with Gasteiger partial charge < -0.3 is 5.32 Å². The van der Waals surface area contributed by atoms with Crippen LogP contribution in [0.2, 0.25) is 0 Å². The van der Waals surface area contributed by atoms with Gasteiger partial charge in [0, 0.05) is 22.3 Å². The van der Waals surface area contributed by atoms with E-state index in [0.29, 0.717) is 23.3 Å². The Morgan fingerprint density at radius 1 is 1.29 bits per heavy atom. The van der Waals surface area contributed by atoms with Crippen LogP contribution in [0.1, 0.15) is 42.9 Å². The molecule has 1 fully saturated rings. The lowest BCUT2D eigenvalue weighted by atomic mass is 9.79. The maximum Gasteiger partial charge on any atom is 0.241 e. The van der Waals surface area contributed by atoms with Crippen molar-refractivity contribution in [2.75, 3.05) is 7.05 Å². The van der Waals surface area contributed by atoms with Crippen molar-refractivity contribution in [3.8, 4) is 0 Å². The van der Waals surface area contributed by atoms with Gasteiger partial charge in [-0.05, 0) is 51.1 Å². The van der Waals surface area contributed by atoms with Crippen molar-refractivity contribution in [3.63, 3.8) is 0 Å². The lowest BCUT2D eigenvalue weighted by Crippen LogP contribution is -2.39. The van der Waals surface area contributed by atoms with Crippen LogP contribution in [0.15, 0.2) is 11.0 Å². The van der Waals surface area contributed by atoms with E-state index in [2.05, 4.69) is 23.9 Å². The molecule has 120 valence electrons. The average Bonchev–Trinajstić information content (AvgIpc) is 2.76. The van der Waals surface area contributed by atoms with Gasteiger partial charge in [0.25, 0.3) is 0 Å². The van der Waals surface area contributed by atoms with Crippen LogP contribution in [0, 0.1) is 18.8 Å². The predicted octanol–water partition coefficient (Wildman–Crippen LogP) is 2.88. The predicted molar refractivity (Wildman–Crippen MR) is 88.1 cm³/mol. The molecule has 21 heavy (non-hydrogen) atoms. The molecule has 1 aromatic rings. The summed E-state index contributed by atoms with van der Waals surface area (Å²) in [5.41, 5.74) is 0. The van der Waals surface area contributed by atoms with Gasteiger partial charge in [0.1, 0.15) is 0 Å². The Morgan fingerprint density at radius 3 is 2.62 bits per heavy atom. The normalized spacial score (nSPS) is 27.0. The molecule has 3 atom stereocenters. The van der Waals surface area contributed by atoms with Crippen molar-refractivity contribution >= 4 is 21.4 Å². The van der Waals surface area contributed by atoms with E-state index in [0.717, 1.165) is 29.0 Å². The molecule has 0 amide bonds. The topological polar surface area (TPSA) is 58.2 Å². The Kier molecular flexibility index (Phi) is 5.46. The molecule has 1 aromatic heterocycles. The van der Waals surface area contributed by atoms with Crippen molar-refractivity contribution < 1.29 is 8.42 Å². The first-order chi connectivity index (χ1) is 9.83. The molecule has 1 aliphatic rings. The fourth-order valence-corrected chi connectivity index (χ4v) is 5.92. The molecule has 0 saturated heterocycles. The average molecular weight is 331 g/mol. The number of rotatable bonds is 5. The Hall–Kier alpha value is -0.430. The summed E-state index contributed by atoms with van der Waals surface area (Å²) in [6, 6.07) is 1.88. The molecule has 0 aromatic carbocycles. The van der Waals surface area contributed by atoms with Crippen LogP contribution < -0.4 is 10.0 Å². The minimum absolute atomic E-state index is 0.0771. The number of thiophene rings is 1. The van der Waals surface area contributed by atoms with E-state index in [1.807, 2.05) is 14.0 Å². The summed E-state index contributed by atoms with van der Waals surface area (Å²) in [7, 11) is -1.53. The van der Waals surface area contributed by atoms with Crippen LogP contribution in [0.5, 0.6) is 0 Å². The van der Waals surface area contributed by atoms with Crippen molar-refractivity contribution in [1.29, 1.82) is 0 Å². The first-order valence-corrected chi connectivity index (χ1v) is 9.89. The molecule has 0 radical (unpaired) electrons. The van der Waals surface area contributed by atoms with E-state index < -0.39 is 10.0 Å². The monoisotopic (exact) mass is 330 g/mol. The van der Waals surface area contributed by atoms with Crippen LogP contribution in [0.25, 0.3) is 0 Å². The van der Waals surface area contributed by atoms with E-state index in [-0.39, 0.29) is 6.04 Å². The van der Waals surface area contributed by atoms with E-state index in [1.165, 1.54) is 0 Å². The van der Waals surface area contributed by atoms with Gasteiger partial charge >= 0.3 is 0 Å². The smallest absolute Gasteiger partial charge is 0.241 e. The van der Waals surface area contributed by atoms with E-state index in [1.54, 1.807) is 17.4 Å². The van der Waals surface area contributed by atoms with Crippen molar-refractivity contribution in [3.05, 3.63) is 15.8 Å². The Labute approximate surface area is 132 Å². The molecule has 0 bridgehead atoms. The van der Waals surface area contributed by atoms with Crippen molar-refractivity contribution in [1.82, 2.24) is 10.0 Å². The number of nitrogens with one attached hydrogen (secondary N) is 2. The highest BCUT2D eigenvalue weighted by Crippen LogP contribution is 2.31. The zero-order valence-corrected chi connectivity index (χ0v) is 14.9. The third-order valence-electron chi connectivity index (χ3n) is 4.48. The third-order valence-corrected chi connectivity index (χ3v) is 7.31. The maximum atomic E-state index is 12.6. The standard InChI is InChI=1S/C15H26N2O2S2/c1-10-5-6-13(7-11(10)2)17-21(18,19)15-8-14(9-16-4)20-12(15)3/h8,10-11,13,16-17H,5-7,9H2,1-4H3. The largest absolute Gasteiger partial charge is 0.315 e. The van der Waals surface area contributed by atoms with Gasteiger partial charge in [0.2, 0.25) is 10.0 Å². The molecule has 3 unspecified atom stereocenters. The number of sulfonamides is 1. The lowest BCUT2D eigenvalue weighted by molar-refractivity contribution is 0.242. The molecule has 6 heteroatoms. The van der Waals surface area contributed by atoms with Gasteiger partial charge in [-0.2, -0.15) is 0 Å². The van der Waals surface area contributed by atoms with Gasteiger partial charge in [-0.1, -0.05) is 13.8 Å². The molecular formula is C15H26N2O2S2. The fraction of sp³-hybridized carbons (Fsp3) is 0.733. The second-order valence-electron chi connectivity index (χ2n) is 6.25. The van der Waals surface area contributed by atoms with Gasteiger partial charge in [0.15, 0.2) is 0 Å². The molecule has 1 aliphatic carbocycles. The summed E-state index contributed by atoms with van der Waals surface area (Å²) in [5, 5.41) is 3.06. The summed E-state index contributed by atoms with van der Waals surface area (Å²) in [5.74, 6) is 1.27. The minimum Gasteiger partial charge on any atom is -0.315 e. The van der Waals surface area contributed by atoms with Crippen LogP contribution in [-0.4, -0.2) is 21.5 Å². The van der Waals surface area contributed by atoms with Crippen LogP contribution in [0.3, 0.4) is 0 Å². The van der Waals surface area contributed by atoms with Crippen LogP contribution >= 0.6 is 11.3 Å². The van der Waals surface area contributed by atoms with Gasteiger partial charge in [0.05, 0.1) is 4.90 Å². The van der Waals surface area contributed by atoms with Crippen molar-refractivity contribution in [2.24, 2.45) is 11.8 Å². The fourth-order valence-electron chi connectivity index (χ4n) is 2.99.